The fourth-order valence-electron chi connectivity index (χ4n) is 2.47. The number of carbonyl (C=O) groups excluding carboxylic acids is 1. The molecule has 0 unspecified atom stereocenters. The minimum absolute atomic E-state index is 0.0140. The molecule has 2 N–H and O–H groups in total. The molecular weight excluding hydrogens is 260 g/mol. The average Bonchev–Trinajstić information content (AvgIpc) is 2.49. The van der Waals surface area contributed by atoms with Crippen LogP contribution in [0.5, 0.6) is 0 Å². The Morgan fingerprint density at radius 3 is 1.48 bits per heavy atom. The van der Waals surface area contributed by atoms with Gasteiger partial charge in [0.05, 0.1) is 0 Å². The predicted molar refractivity (Wildman–Crippen MR) is 92.8 cm³/mol. The third-order valence-corrected chi connectivity index (χ3v) is 3.85. The molecule has 0 rings (SSSR count). The highest BCUT2D eigenvalue weighted by atomic mass is 16.2. The van der Waals surface area contributed by atoms with Crippen LogP contribution < -0.4 is 10.6 Å². The summed E-state index contributed by atoms with van der Waals surface area (Å²) in [6, 6.07) is -0.0140. The molecule has 0 saturated carbocycles. The minimum atomic E-state index is -0.0140. The fraction of sp³-hybridized carbons (Fsp3) is 0.944. The number of urea groups is 1. The summed E-state index contributed by atoms with van der Waals surface area (Å²) >= 11 is 0. The van der Waals surface area contributed by atoms with Gasteiger partial charge >= 0.3 is 6.03 Å². The van der Waals surface area contributed by atoms with E-state index in [1.807, 2.05) is 0 Å². The van der Waals surface area contributed by atoms with Gasteiger partial charge in [0, 0.05) is 13.1 Å². The molecule has 0 radical (unpaired) electrons. The number of nitrogens with one attached hydrogen (secondary N) is 2. The topological polar surface area (TPSA) is 41.1 Å². The normalized spacial score (nSPS) is 10.6. The summed E-state index contributed by atoms with van der Waals surface area (Å²) in [5, 5.41) is 5.73. The zero-order valence-electron chi connectivity index (χ0n) is 14.5. The molecule has 0 spiro atoms. The van der Waals surface area contributed by atoms with Crippen molar-refractivity contribution in [1.29, 1.82) is 0 Å². The van der Waals surface area contributed by atoms with Crippen molar-refractivity contribution in [1.82, 2.24) is 10.6 Å². The molecule has 0 aliphatic rings. The van der Waals surface area contributed by atoms with Gasteiger partial charge in [0.2, 0.25) is 0 Å². The molecule has 0 aromatic carbocycles. The number of hydrogen-bond donors (Lipinski definition) is 2. The molecule has 126 valence electrons. The van der Waals surface area contributed by atoms with Crippen molar-refractivity contribution in [2.45, 2.75) is 97.3 Å². The zero-order chi connectivity index (χ0) is 15.6. The van der Waals surface area contributed by atoms with E-state index < -0.39 is 0 Å². The maximum Gasteiger partial charge on any atom is 0.314 e. The Kier molecular flexibility index (Phi) is 16.7. The van der Waals surface area contributed by atoms with Crippen LogP contribution in [0, 0.1) is 0 Å². The van der Waals surface area contributed by atoms with E-state index in [9.17, 15) is 4.79 Å². The number of unbranched alkanes of at least 4 members (excludes halogenated alkanes) is 11. The highest BCUT2D eigenvalue weighted by Crippen LogP contribution is 2.11. The van der Waals surface area contributed by atoms with Crippen LogP contribution in [0.1, 0.15) is 97.3 Å². The van der Waals surface area contributed by atoms with Gasteiger partial charge in [0.1, 0.15) is 0 Å². The largest absolute Gasteiger partial charge is 0.338 e. The molecule has 0 atom stereocenters. The Bertz CT molecular complexity index is 219. The monoisotopic (exact) mass is 298 g/mol. The molecule has 2 amide bonds. The first-order chi connectivity index (χ1) is 10.3. The third kappa shape index (κ3) is 17.2. The van der Waals surface area contributed by atoms with Crippen LogP contribution in [0.15, 0.2) is 0 Å². The first kappa shape index (κ1) is 20.3. The van der Waals surface area contributed by atoms with Crippen LogP contribution in [0.4, 0.5) is 4.79 Å². The van der Waals surface area contributed by atoms with Crippen LogP contribution in [0.3, 0.4) is 0 Å². The second-order valence-electron chi connectivity index (χ2n) is 6.07. The number of hydrogen-bond acceptors (Lipinski definition) is 1. The summed E-state index contributed by atoms with van der Waals surface area (Å²) in [6.07, 6.45) is 17.3. The van der Waals surface area contributed by atoms with E-state index in [1.165, 1.54) is 70.6 Å². The third-order valence-electron chi connectivity index (χ3n) is 3.85. The minimum Gasteiger partial charge on any atom is -0.338 e. The van der Waals surface area contributed by atoms with Crippen LogP contribution >= 0.6 is 0 Å². The van der Waals surface area contributed by atoms with Crippen molar-refractivity contribution in [2.75, 3.05) is 13.1 Å². The summed E-state index contributed by atoms with van der Waals surface area (Å²) in [5.74, 6) is 0. The van der Waals surface area contributed by atoms with Gasteiger partial charge in [-0.25, -0.2) is 4.79 Å². The lowest BCUT2D eigenvalue weighted by atomic mass is 10.1. The SMILES string of the molecule is CCCCCCCCCCCCCCNC(=O)NCCC. The first-order valence-electron chi connectivity index (χ1n) is 9.33. The maximum atomic E-state index is 11.3. The van der Waals surface area contributed by atoms with Gasteiger partial charge in [-0.3, -0.25) is 0 Å². The van der Waals surface area contributed by atoms with E-state index >= 15 is 0 Å². The molecule has 0 aliphatic carbocycles. The predicted octanol–water partition coefficient (Wildman–Crippen LogP) is 5.40. The van der Waals surface area contributed by atoms with Crippen molar-refractivity contribution in [3.8, 4) is 0 Å². The van der Waals surface area contributed by atoms with E-state index in [0.29, 0.717) is 0 Å². The van der Waals surface area contributed by atoms with Gasteiger partial charge in [0.25, 0.3) is 0 Å². The van der Waals surface area contributed by atoms with Crippen LogP contribution in [-0.4, -0.2) is 19.1 Å². The van der Waals surface area contributed by atoms with Crippen LogP contribution in [0.2, 0.25) is 0 Å². The summed E-state index contributed by atoms with van der Waals surface area (Å²) in [7, 11) is 0. The second-order valence-corrected chi connectivity index (χ2v) is 6.07. The standard InChI is InChI=1S/C18H38N2O/c1-3-5-6-7-8-9-10-11-12-13-14-15-17-20-18(21)19-16-4-2/h3-17H2,1-2H3,(H2,19,20,21). The maximum absolute atomic E-state index is 11.3. The van der Waals surface area contributed by atoms with E-state index in [2.05, 4.69) is 24.5 Å². The van der Waals surface area contributed by atoms with Crippen LogP contribution in [0.25, 0.3) is 0 Å². The quantitative estimate of drug-likeness (QED) is 0.391. The van der Waals surface area contributed by atoms with Crippen LogP contribution in [-0.2, 0) is 0 Å². The molecule has 0 aliphatic heterocycles. The Balaban J connectivity index is 3.04. The summed E-state index contributed by atoms with van der Waals surface area (Å²) in [4.78, 5) is 11.3. The van der Waals surface area contributed by atoms with Gasteiger partial charge in [-0.15, -0.1) is 0 Å². The molecule has 3 nitrogen and oxygen atoms in total. The molecule has 0 aromatic rings. The van der Waals surface area contributed by atoms with Crippen molar-refractivity contribution in [3.63, 3.8) is 0 Å². The highest BCUT2D eigenvalue weighted by Gasteiger charge is 1.97. The Labute approximate surface area is 132 Å². The smallest absolute Gasteiger partial charge is 0.314 e. The first-order valence-corrected chi connectivity index (χ1v) is 9.33. The van der Waals surface area contributed by atoms with Gasteiger partial charge in [0.15, 0.2) is 0 Å². The van der Waals surface area contributed by atoms with Crippen molar-refractivity contribution in [2.24, 2.45) is 0 Å². The molecule has 3 heteroatoms. The lowest BCUT2D eigenvalue weighted by Crippen LogP contribution is -2.36. The molecular formula is C18H38N2O. The Hall–Kier alpha value is -0.730. The lowest BCUT2D eigenvalue weighted by Gasteiger charge is -2.06. The van der Waals surface area contributed by atoms with E-state index in [4.69, 9.17) is 0 Å². The number of amides is 2. The Morgan fingerprint density at radius 2 is 1.00 bits per heavy atom. The Morgan fingerprint density at radius 1 is 0.571 bits per heavy atom. The average molecular weight is 299 g/mol. The zero-order valence-corrected chi connectivity index (χ0v) is 14.5. The number of carbonyl (C=O) groups is 1. The molecule has 0 bridgehead atoms. The van der Waals surface area contributed by atoms with Gasteiger partial charge in [-0.05, 0) is 12.8 Å². The highest BCUT2D eigenvalue weighted by molar-refractivity contribution is 5.73. The molecule has 21 heavy (non-hydrogen) atoms. The molecule has 0 saturated heterocycles. The lowest BCUT2D eigenvalue weighted by molar-refractivity contribution is 0.240. The van der Waals surface area contributed by atoms with E-state index in [0.717, 1.165) is 25.9 Å². The van der Waals surface area contributed by atoms with Crippen molar-refractivity contribution in [3.05, 3.63) is 0 Å². The van der Waals surface area contributed by atoms with E-state index in [-0.39, 0.29) is 6.03 Å². The molecule has 0 fully saturated rings. The summed E-state index contributed by atoms with van der Waals surface area (Å²) < 4.78 is 0. The van der Waals surface area contributed by atoms with Crippen molar-refractivity contribution < 1.29 is 4.79 Å². The van der Waals surface area contributed by atoms with Gasteiger partial charge in [-0.2, -0.15) is 0 Å². The summed E-state index contributed by atoms with van der Waals surface area (Å²) in [5.41, 5.74) is 0. The van der Waals surface area contributed by atoms with Crippen molar-refractivity contribution >= 4 is 6.03 Å². The van der Waals surface area contributed by atoms with Gasteiger partial charge < -0.3 is 10.6 Å². The molecule has 0 aromatic heterocycles. The summed E-state index contributed by atoms with van der Waals surface area (Å²) in [6.45, 7) is 5.91. The fourth-order valence-corrected chi connectivity index (χ4v) is 2.47. The van der Waals surface area contributed by atoms with E-state index in [1.54, 1.807) is 0 Å². The second kappa shape index (κ2) is 17.3. The number of rotatable bonds is 15. The van der Waals surface area contributed by atoms with Gasteiger partial charge in [-0.1, -0.05) is 84.5 Å². The molecule has 0 heterocycles.